The summed E-state index contributed by atoms with van der Waals surface area (Å²) in [5.74, 6) is -7.83. The topological polar surface area (TPSA) is 185 Å². The zero-order valence-corrected chi connectivity index (χ0v) is 24.2. The zero-order valence-electron chi connectivity index (χ0n) is 22.5. The summed E-state index contributed by atoms with van der Waals surface area (Å²) in [5.41, 5.74) is 4.45. The van der Waals surface area contributed by atoms with Gasteiger partial charge in [-0.15, -0.1) is 23.1 Å². The summed E-state index contributed by atoms with van der Waals surface area (Å²) in [4.78, 5) is 69.4. The van der Waals surface area contributed by atoms with Crippen LogP contribution in [0.2, 0.25) is 0 Å². The number of carbonyl (C=O) groups is 5. The molecule has 2 fully saturated rings. The standard InChI is InChI=1S/C26H20F4N6O7S2/c27-14-4-2-1-3-12(14)8-35-6-5-11(20(35)38)7-13-9-44-22-17(33-19(37)16(34-42)15-10-45-25(31)32-15)21(39)36(22)18(13)23(40)43-24(41)26(28,29)30/h1-4,7,10,17,22,42H,5-6,8-9H2,(H2,31,32)(H,33,37)/b11-7?,34-16-/t17-,22-/m1/s1. The molecule has 0 unspecified atom stereocenters. The van der Waals surface area contributed by atoms with Crippen molar-refractivity contribution >= 4 is 63.6 Å². The Morgan fingerprint density at radius 3 is 2.62 bits per heavy atom. The van der Waals surface area contributed by atoms with E-state index in [0.717, 1.165) is 28.0 Å². The van der Waals surface area contributed by atoms with Gasteiger partial charge < -0.3 is 25.9 Å². The second-order valence-corrected chi connectivity index (χ2v) is 11.7. The Morgan fingerprint density at radius 1 is 1.24 bits per heavy atom. The molecule has 3 aliphatic heterocycles. The van der Waals surface area contributed by atoms with E-state index in [1.165, 1.54) is 34.6 Å². The number of amides is 3. The van der Waals surface area contributed by atoms with Crippen molar-refractivity contribution in [2.45, 2.75) is 30.6 Å². The van der Waals surface area contributed by atoms with E-state index >= 15 is 0 Å². The predicted molar refractivity (Wildman–Crippen MR) is 149 cm³/mol. The fraction of sp³-hybridized carbons (Fsp3) is 0.269. The molecule has 13 nitrogen and oxygen atoms in total. The normalized spacial score (nSPS) is 21.2. The Hall–Kier alpha value is -4.78. The van der Waals surface area contributed by atoms with Gasteiger partial charge in [-0.3, -0.25) is 19.3 Å². The van der Waals surface area contributed by atoms with Crippen molar-refractivity contribution in [3.63, 3.8) is 0 Å². The number of thioether (sulfide) groups is 1. The van der Waals surface area contributed by atoms with Crippen LogP contribution in [0.3, 0.4) is 0 Å². The van der Waals surface area contributed by atoms with Crippen molar-refractivity contribution in [2.24, 2.45) is 5.16 Å². The molecule has 2 saturated heterocycles. The summed E-state index contributed by atoms with van der Waals surface area (Å²) in [6.07, 6.45) is -4.17. The molecular formula is C26H20F4N6O7S2. The first-order valence-electron chi connectivity index (χ1n) is 12.8. The van der Waals surface area contributed by atoms with Crippen molar-refractivity contribution in [1.82, 2.24) is 20.1 Å². The maximum atomic E-state index is 14.1. The molecule has 0 aliphatic carbocycles. The number of nitrogens with one attached hydrogen (secondary N) is 1. The lowest BCUT2D eigenvalue weighted by molar-refractivity contribution is -0.201. The van der Waals surface area contributed by atoms with Crippen molar-refractivity contribution in [2.75, 3.05) is 18.0 Å². The third-order valence-corrected chi connectivity index (χ3v) is 8.83. The first-order valence-corrected chi connectivity index (χ1v) is 14.7. The molecule has 45 heavy (non-hydrogen) atoms. The van der Waals surface area contributed by atoms with Crippen molar-refractivity contribution < 1.29 is 51.5 Å². The third-order valence-electron chi connectivity index (χ3n) is 6.85. The smallest absolute Gasteiger partial charge is 0.410 e. The van der Waals surface area contributed by atoms with Gasteiger partial charge in [0.1, 0.15) is 28.6 Å². The molecule has 236 valence electrons. The SMILES string of the molecule is Nc1nc(/C(=N/O)C(=O)N[C@@H]2C(=O)N3C(C(=O)OC(=O)C(F)(F)F)=C(C=C4CCN(Cc5ccccc5F)C4=O)CS[C@H]23)cs1. The van der Waals surface area contributed by atoms with E-state index in [1.807, 2.05) is 0 Å². The first kappa shape index (κ1) is 31.6. The number of hydrogen-bond acceptors (Lipinski definition) is 12. The van der Waals surface area contributed by atoms with Gasteiger partial charge in [-0.05, 0) is 24.1 Å². The Balaban J connectivity index is 1.41. The number of allylic oxidation sites excluding steroid dienone is 1. The van der Waals surface area contributed by atoms with Crippen LogP contribution < -0.4 is 11.1 Å². The lowest BCUT2D eigenvalue weighted by Crippen LogP contribution is -2.71. The monoisotopic (exact) mass is 668 g/mol. The van der Waals surface area contributed by atoms with Crippen molar-refractivity contribution in [3.8, 4) is 0 Å². The van der Waals surface area contributed by atoms with Crippen LogP contribution >= 0.6 is 23.1 Å². The number of nitrogens with zero attached hydrogens (tertiary/aromatic N) is 4. The molecule has 0 radical (unpaired) electrons. The molecule has 0 spiro atoms. The number of esters is 2. The fourth-order valence-corrected chi connectivity index (χ4v) is 6.60. The minimum absolute atomic E-state index is 0.0621. The number of nitrogen functional groups attached to an aromatic ring is 1. The Labute approximate surface area is 258 Å². The summed E-state index contributed by atoms with van der Waals surface area (Å²) >= 11 is 1.94. The molecule has 0 saturated carbocycles. The molecule has 2 aromatic rings. The second-order valence-electron chi connectivity index (χ2n) is 9.67. The van der Waals surface area contributed by atoms with Crippen LogP contribution in [0.25, 0.3) is 0 Å². The van der Waals surface area contributed by atoms with E-state index in [9.17, 15) is 46.7 Å². The van der Waals surface area contributed by atoms with Crippen molar-refractivity contribution in [3.05, 3.63) is 69.6 Å². The molecule has 3 amide bonds. The summed E-state index contributed by atoms with van der Waals surface area (Å²) in [6, 6.07) is 4.49. The number of anilines is 1. The van der Waals surface area contributed by atoms with Crippen LogP contribution in [-0.2, 0) is 35.3 Å². The minimum Gasteiger partial charge on any atom is -0.410 e. The van der Waals surface area contributed by atoms with E-state index < -0.39 is 64.5 Å². The van der Waals surface area contributed by atoms with Crippen LogP contribution in [0.5, 0.6) is 0 Å². The number of oxime groups is 1. The van der Waals surface area contributed by atoms with Gasteiger partial charge in [-0.25, -0.2) is 19.0 Å². The number of rotatable bonds is 7. The number of aromatic nitrogens is 1. The number of fused-ring (bicyclic) bond motifs is 1. The number of likely N-dealkylation sites (tertiary alicyclic amines) is 1. The number of alkyl halides is 3. The van der Waals surface area contributed by atoms with Crippen LogP contribution in [-0.4, -0.2) is 85.3 Å². The fourth-order valence-electron chi connectivity index (χ4n) is 4.75. The Kier molecular flexibility index (Phi) is 8.66. The Bertz CT molecular complexity index is 1710. The maximum Gasteiger partial charge on any atom is 0.491 e. The molecular weight excluding hydrogens is 648 g/mol. The highest BCUT2D eigenvalue weighted by Gasteiger charge is 2.55. The molecule has 3 aliphatic rings. The minimum atomic E-state index is -5.53. The second kappa shape index (κ2) is 12.3. The quantitative estimate of drug-likeness (QED) is 0.0574. The van der Waals surface area contributed by atoms with Gasteiger partial charge in [0.05, 0.1) is 0 Å². The van der Waals surface area contributed by atoms with E-state index in [1.54, 1.807) is 6.07 Å². The van der Waals surface area contributed by atoms with Crippen LogP contribution in [0, 0.1) is 5.82 Å². The summed E-state index contributed by atoms with van der Waals surface area (Å²) in [6.45, 7) is 0.108. The number of β-lactam (4-membered cyclic amide) rings is 1. The molecule has 1 aromatic heterocycles. The maximum absolute atomic E-state index is 14.1. The highest BCUT2D eigenvalue weighted by molar-refractivity contribution is 8.00. The molecule has 1 aromatic carbocycles. The van der Waals surface area contributed by atoms with Gasteiger partial charge in [0, 0.05) is 35.4 Å². The third kappa shape index (κ3) is 6.25. The van der Waals surface area contributed by atoms with E-state index in [0.29, 0.717) is 0 Å². The van der Waals surface area contributed by atoms with Gasteiger partial charge >= 0.3 is 18.1 Å². The lowest BCUT2D eigenvalue weighted by atomic mass is 10.0. The molecule has 5 rings (SSSR count). The van der Waals surface area contributed by atoms with Crippen LogP contribution in [0.15, 0.2) is 57.7 Å². The van der Waals surface area contributed by atoms with Gasteiger partial charge in [-0.1, -0.05) is 23.4 Å². The number of nitrogens with two attached hydrogens (primary N) is 1. The van der Waals surface area contributed by atoms with E-state index in [2.05, 4.69) is 20.2 Å². The molecule has 4 heterocycles. The lowest BCUT2D eigenvalue weighted by Gasteiger charge is -2.49. The number of thiazole rings is 1. The van der Waals surface area contributed by atoms with E-state index in [-0.39, 0.29) is 52.8 Å². The van der Waals surface area contributed by atoms with Gasteiger partial charge in [0.25, 0.3) is 11.8 Å². The molecule has 2 atom stereocenters. The molecule has 19 heteroatoms. The van der Waals surface area contributed by atoms with E-state index in [4.69, 9.17) is 5.73 Å². The van der Waals surface area contributed by atoms with Gasteiger partial charge in [-0.2, -0.15) is 13.2 Å². The first-order chi connectivity index (χ1) is 21.3. The average molecular weight is 669 g/mol. The Morgan fingerprint density at radius 2 is 1.98 bits per heavy atom. The van der Waals surface area contributed by atoms with Crippen LogP contribution in [0.4, 0.5) is 22.7 Å². The number of benzene rings is 1. The summed E-state index contributed by atoms with van der Waals surface area (Å²) < 4.78 is 56.9. The largest absolute Gasteiger partial charge is 0.491 e. The summed E-state index contributed by atoms with van der Waals surface area (Å²) in [7, 11) is 0. The highest BCUT2D eigenvalue weighted by atomic mass is 32.2. The number of carbonyl (C=O) groups excluding carboxylic acids is 5. The van der Waals surface area contributed by atoms with Crippen molar-refractivity contribution in [1.29, 1.82) is 0 Å². The average Bonchev–Trinajstić information content (AvgIpc) is 3.57. The highest BCUT2D eigenvalue weighted by Crippen LogP contribution is 2.42. The predicted octanol–water partition coefficient (Wildman–Crippen LogP) is 1.69. The van der Waals surface area contributed by atoms with Gasteiger partial charge in [0.2, 0.25) is 5.91 Å². The molecule has 4 N–H and O–H groups in total. The van der Waals surface area contributed by atoms with Gasteiger partial charge in [0.15, 0.2) is 10.8 Å². The number of ether oxygens (including phenoxy) is 1. The zero-order chi connectivity index (χ0) is 32.6. The van der Waals surface area contributed by atoms with Crippen LogP contribution in [0.1, 0.15) is 17.7 Å². The number of halogens is 4. The summed E-state index contributed by atoms with van der Waals surface area (Å²) in [5, 5.41) is 14.9. The molecule has 0 bridgehead atoms. The number of hydrogen-bond donors (Lipinski definition) is 3.